The van der Waals surface area contributed by atoms with Crippen LogP contribution in [0.25, 0.3) is 0 Å². The maximum absolute atomic E-state index is 12.3. The summed E-state index contributed by atoms with van der Waals surface area (Å²) >= 11 is 0. The molecule has 0 radical (unpaired) electrons. The van der Waals surface area contributed by atoms with Crippen LogP contribution in [0.4, 0.5) is 5.82 Å². The van der Waals surface area contributed by atoms with Crippen LogP contribution in [0.3, 0.4) is 0 Å². The topological polar surface area (TPSA) is 58.6 Å². The molecule has 0 atom stereocenters. The molecule has 0 aliphatic carbocycles. The monoisotopic (exact) mass is 374 g/mol. The van der Waals surface area contributed by atoms with Crippen LogP contribution in [0.2, 0.25) is 0 Å². The summed E-state index contributed by atoms with van der Waals surface area (Å²) in [5.41, 5.74) is 1.43. The molecule has 0 unspecified atom stereocenters. The van der Waals surface area contributed by atoms with Crippen molar-refractivity contribution in [3.05, 3.63) is 17.6 Å². The van der Waals surface area contributed by atoms with Gasteiger partial charge < -0.3 is 14.5 Å². The molecule has 6 heteroatoms. The van der Waals surface area contributed by atoms with Crippen LogP contribution in [0, 0.1) is 12.3 Å². The molecule has 2 aliphatic rings. The van der Waals surface area contributed by atoms with Crippen molar-refractivity contribution in [3.63, 3.8) is 0 Å². The summed E-state index contributed by atoms with van der Waals surface area (Å²) in [4.78, 5) is 26.0. The lowest BCUT2D eigenvalue weighted by Gasteiger charge is -2.47. The second-order valence-corrected chi connectivity index (χ2v) is 8.16. The lowest BCUT2D eigenvalue weighted by molar-refractivity contribution is -0.138. The van der Waals surface area contributed by atoms with Gasteiger partial charge in [0.15, 0.2) is 0 Å². The van der Waals surface area contributed by atoms with E-state index in [1.165, 1.54) is 0 Å². The van der Waals surface area contributed by atoms with Crippen LogP contribution in [0.15, 0.2) is 6.07 Å². The lowest BCUT2D eigenvalue weighted by atomic mass is 9.72. The fraction of sp³-hybridized carbons (Fsp3) is 0.762. The van der Waals surface area contributed by atoms with Gasteiger partial charge in [-0.3, -0.25) is 4.79 Å². The number of methoxy groups -OCH3 is 1. The van der Waals surface area contributed by atoms with E-state index in [4.69, 9.17) is 4.74 Å². The van der Waals surface area contributed by atoms with E-state index >= 15 is 0 Å². The predicted octanol–water partition coefficient (Wildman–Crippen LogP) is 2.98. The molecular weight excluding hydrogens is 340 g/mol. The van der Waals surface area contributed by atoms with E-state index in [1.54, 1.807) is 7.11 Å². The Balaban J connectivity index is 1.61. The first-order valence-corrected chi connectivity index (χ1v) is 10.4. The number of likely N-dealkylation sites (tertiary alicyclic amines) is 1. The first-order chi connectivity index (χ1) is 13.0. The number of hydrogen-bond acceptors (Lipinski definition) is 5. The minimum Gasteiger partial charge on any atom is -0.385 e. The Kier molecular flexibility index (Phi) is 6.68. The largest absolute Gasteiger partial charge is 0.385 e. The van der Waals surface area contributed by atoms with Crippen LogP contribution < -0.4 is 4.90 Å². The van der Waals surface area contributed by atoms with Gasteiger partial charge in [-0.2, -0.15) is 0 Å². The van der Waals surface area contributed by atoms with Crippen molar-refractivity contribution in [1.29, 1.82) is 0 Å². The highest BCUT2D eigenvalue weighted by molar-refractivity contribution is 5.77. The zero-order chi connectivity index (χ0) is 19.3. The van der Waals surface area contributed by atoms with E-state index in [9.17, 15) is 4.79 Å². The molecule has 1 aromatic rings. The molecule has 1 amide bonds. The van der Waals surface area contributed by atoms with Crippen molar-refractivity contribution in [2.75, 3.05) is 44.8 Å². The molecule has 2 fully saturated rings. The molecule has 3 rings (SSSR count). The molecule has 27 heavy (non-hydrogen) atoms. The minimum atomic E-state index is 0.284. The first kappa shape index (κ1) is 20.1. The predicted molar refractivity (Wildman–Crippen MR) is 107 cm³/mol. The number of aryl methyl sites for hydroxylation is 2. The number of carbonyl (C=O) groups is 1. The maximum atomic E-state index is 12.3. The number of piperidine rings is 2. The summed E-state index contributed by atoms with van der Waals surface area (Å²) in [5, 5.41) is 0. The van der Waals surface area contributed by atoms with Crippen molar-refractivity contribution in [1.82, 2.24) is 14.9 Å². The molecule has 3 heterocycles. The fourth-order valence-electron chi connectivity index (χ4n) is 4.48. The number of rotatable bonds is 7. The molecule has 2 aliphatic heterocycles. The minimum absolute atomic E-state index is 0.284. The summed E-state index contributed by atoms with van der Waals surface area (Å²) in [5.74, 6) is 2.25. The number of nitrogens with zero attached hydrogens (tertiary/aromatic N) is 4. The zero-order valence-corrected chi connectivity index (χ0v) is 17.2. The number of amides is 1. The molecule has 1 spiro atoms. The van der Waals surface area contributed by atoms with Crippen LogP contribution in [0.1, 0.15) is 57.0 Å². The number of hydrogen-bond donors (Lipinski definition) is 0. The van der Waals surface area contributed by atoms with E-state index < -0.39 is 0 Å². The molecule has 0 saturated carbocycles. The van der Waals surface area contributed by atoms with E-state index in [0.29, 0.717) is 12.3 Å². The second kappa shape index (κ2) is 9.00. The van der Waals surface area contributed by atoms with Gasteiger partial charge in [0.1, 0.15) is 11.6 Å². The molecule has 0 N–H and O–H groups in total. The van der Waals surface area contributed by atoms with Crippen LogP contribution in [-0.4, -0.2) is 60.7 Å². The van der Waals surface area contributed by atoms with Crippen molar-refractivity contribution in [2.24, 2.45) is 5.41 Å². The van der Waals surface area contributed by atoms with Gasteiger partial charge in [-0.05, 0) is 44.4 Å². The highest BCUT2D eigenvalue weighted by Gasteiger charge is 2.41. The highest BCUT2D eigenvalue weighted by Crippen LogP contribution is 2.41. The Labute approximate surface area is 163 Å². The number of aromatic nitrogens is 2. The van der Waals surface area contributed by atoms with Gasteiger partial charge in [0, 0.05) is 58.1 Å². The number of anilines is 1. The van der Waals surface area contributed by atoms with Gasteiger partial charge >= 0.3 is 0 Å². The smallest absolute Gasteiger partial charge is 0.222 e. The molecule has 150 valence electrons. The summed E-state index contributed by atoms with van der Waals surface area (Å²) in [7, 11) is 1.72. The Bertz CT molecular complexity index is 641. The number of ether oxygens (including phenoxy) is 1. The van der Waals surface area contributed by atoms with E-state index in [1.807, 2.05) is 6.92 Å². The summed E-state index contributed by atoms with van der Waals surface area (Å²) < 4.78 is 5.15. The zero-order valence-electron chi connectivity index (χ0n) is 17.2. The maximum Gasteiger partial charge on any atom is 0.222 e. The summed E-state index contributed by atoms with van der Waals surface area (Å²) in [6, 6.07) is 2.16. The van der Waals surface area contributed by atoms with Crippen molar-refractivity contribution in [3.8, 4) is 0 Å². The van der Waals surface area contributed by atoms with Crippen LogP contribution >= 0.6 is 0 Å². The Morgan fingerprint density at radius 1 is 1.22 bits per heavy atom. The third-order valence-electron chi connectivity index (χ3n) is 6.06. The average Bonchev–Trinajstić information content (AvgIpc) is 2.65. The average molecular weight is 375 g/mol. The van der Waals surface area contributed by atoms with E-state index in [0.717, 1.165) is 88.6 Å². The van der Waals surface area contributed by atoms with Crippen LogP contribution in [0.5, 0.6) is 0 Å². The molecule has 2 saturated heterocycles. The van der Waals surface area contributed by atoms with E-state index in [2.05, 4.69) is 32.8 Å². The standard InChI is InChI=1S/C21H34N4O2/c1-4-6-18-15-19(23-17(2)22-18)24-12-9-21(10-13-24)8-7-20(26)25(16-21)11-5-14-27-3/h15H,4-14,16H2,1-3H3. The summed E-state index contributed by atoms with van der Waals surface area (Å²) in [6.45, 7) is 8.65. The second-order valence-electron chi connectivity index (χ2n) is 8.16. The number of carbonyl (C=O) groups excluding carboxylic acids is 1. The van der Waals surface area contributed by atoms with Crippen molar-refractivity contribution < 1.29 is 9.53 Å². The Hall–Kier alpha value is -1.69. The molecule has 6 nitrogen and oxygen atoms in total. The van der Waals surface area contributed by atoms with Crippen molar-refractivity contribution in [2.45, 2.75) is 58.8 Å². The van der Waals surface area contributed by atoms with Crippen LogP contribution in [-0.2, 0) is 16.0 Å². The molecule has 0 bridgehead atoms. The van der Waals surface area contributed by atoms with E-state index in [-0.39, 0.29) is 5.41 Å². The van der Waals surface area contributed by atoms with Gasteiger partial charge in [0.2, 0.25) is 5.91 Å². The van der Waals surface area contributed by atoms with Gasteiger partial charge in [-0.1, -0.05) is 13.3 Å². The molecular formula is C21H34N4O2. The van der Waals surface area contributed by atoms with Gasteiger partial charge in [-0.25, -0.2) is 9.97 Å². The molecule has 1 aromatic heterocycles. The quantitative estimate of drug-likeness (QED) is 0.687. The van der Waals surface area contributed by atoms with Crippen molar-refractivity contribution >= 4 is 11.7 Å². The normalized spacial score (nSPS) is 19.7. The first-order valence-electron chi connectivity index (χ1n) is 10.4. The SMILES string of the molecule is CCCc1cc(N2CCC3(CCC(=O)N(CCCOC)C3)CC2)nc(C)n1. The lowest BCUT2D eigenvalue weighted by Crippen LogP contribution is -2.52. The third kappa shape index (κ3) is 4.98. The Morgan fingerprint density at radius 2 is 2.00 bits per heavy atom. The third-order valence-corrected chi connectivity index (χ3v) is 6.06. The van der Waals surface area contributed by atoms with Gasteiger partial charge in [0.25, 0.3) is 0 Å². The molecule has 0 aromatic carbocycles. The fourth-order valence-corrected chi connectivity index (χ4v) is 4.48. The summed E-state index contributed by atoms with van der Waals surface area (Å²) in [6.07, 6.45) is 7.02. The highest BCUT2D eigenvalue weighted by atomic mass is 16.5. The van der Waals surface area contributed by atoms with Gasteiger partial charge in [0.05, 0.1) is 0 Å². The Morgan fingerprint density at radius 3 is 2.70 bits per heavy atom. The van der Waals surface area contributed by atoms with Gasteiger partial charge in [-0.15, -0.1) is 0 Å².